The second-order valence-electron chi connectivity index (χ2n) is 6.66. The number of H-pyrrole nitrogens is 1. The van der Waals surface area contributed by atoms with Crippen molar-refractivity contribution in [2.75, 3.05) is 5.73 Å². The van der Waals surface area contributed by atoms with Crippen LogP contribution in [0.2, 0.25) is 0 Å². The monoisotopic (exact) mass is 423 g/mol. The Morgan fingerprint density at radius 3 is 2.50 bits per heavy atom. The zero-order valence-electron chi connectivity index (χ0n) is 16.0. The molecule has 0 atom stereocenters. The number of nitrogens with one attached hydrogen (secondary N) is 1. The number of benzene rings is 2. The smallest absolute Gasteiger partial charge is 0.249 e. The highest BCUT2D eigenvalue weighted by Crippen LogP contribution is 2.38. The average molecular weight is 424 g/mol. The number of carbonyl (C=O) groups excluding carboxylic acids is 1. The van der Waals surface area contributed by atoms with Crippen LogP contribution >= 0.6 is 12.4 Å². The summed E-state index contributed by atoms with van der Waals surface area (Å²) in [5.41, 5.74) is 15.7. The Balaban J connectivity index is 0.00000256. The summed E-state index contributed by atoms with van der Waals surface area (Å²) in [7, 11) is 0. The van der Waals surface area contributed by atoms with Gasteiger partial charge in [-0.05, 0) is 48.4 Å². The Morgan fingerprint density at radius 1 is 1.03 bits per heavy atom. The molecule has 0 spiro atoms. The summed E-state index contributed by atoms with van der Waals surface area (Å²) in [6.45, 7) is 1.82. The van der Waals surface area contributed by atoms with Gasteiger partial charge in [-0.3, -0.25) is 4.79 Å². The average Bonchev–Trinajstić information content (AvgIpc) is 3.13. The fraction of sp³-hybridized carbons (Fsp3) is 0.0455. The summed E-state index contributed by atoms with van der Waals surface area (Å²) in [5, 5.41) is 0. The summed E-state index contributed by atoms with van der Waals surface area (Å²) >= 11 is 0. The van der Waals surface area contributed by atoms with Crippen molar-refractivity contribution in [1.82, 2.24) is 15.0 Å². The molecule has 4 rings (SSSR count). The molecular weight excluding hydrogens is 405 g/mol. The number of aryl methyl sites for hydroxylation is 1. The molecule has 30 heavy (non-hydrogen) atoms. The Hall–Kier alpha value is -3.71. The Morgan fingerprint density at radius 2 is 1.80 bits per heavy atom. The molecule has 5 N–H and O–H groups in total. The minimum Gasteiger partial charge on any atom is -0.368 e. The van der Waals surface area contributed by atoms with Crippen molar-refractivity contribution < 1.29 is 9.18 Å². The van der Waals surface area contributed by atoms with Gasteiger partial charge in [0, 0.05) is 22.9 Å². The van der Waals surface area contributed by atoms with Crippen LogP contribution in [0.4, 0.5) is 10.3 Å². The van der Waals surface area contributed by atoms with E-state index in [0.29, 0.717) is 39.3 Å². The maximum absolute atomic E-state index is 14.8. The zero-order valence-corrected chi connectivity index (χ0v) is 16.8. The Labute approximate surface area is 178 Å². The molecule has 0 unspecified atom stereocenters. The van der Waals surface area contributed by atoms with Crippen LogP contribution in [0.25, 0.3) is 33.8 Å². The normalized spacial score (nSPS) is 10.5. The van der Waals surface area contributed by atoms with Gasteiger partial charge in [-0.1, -0.05) is 24.3 Å². The number of nitrogen functional groups attached to an aromatic ring is 1. The van der Waals surface area contributed by atoms with Gasteiger partial charge in [-0.25, -0.2) is 14.4 Å². The van der Waals surface area contributed by atoms with E-state index < -0.39 is 5.91 Å². The number of halogens is 2. The summed E-state index contributed by atoms with van der Waals surface area (Å²) in [6.07, 6.45) is 1.54. The summed E-state index contributed by atoms with van der Waals surface area (Å²) < 4.78 is 14.8. The number of hydrogen-bond donors (Lipinski definition) is 3. The van der Waals surface area contributed by atoms with Gasteiger partial charge >= 0.3 is 0 Å². The molecule has 0 saturated heterocycles. The molecule has 2 aromatic carbocycles. The van der Waals surface area contributed by atoms with E-state index in [1.807, 2.05) is 13.0 Å². The highest BCUT2D eigenvalue weighted by atomic mass is 35.5. The van der Waals surface area contributed by atoms with Crippen molar-refractivity contribution in [3.05, 3.63) is 77.7 Å². The van der Waals surface area contributed by atoms with Gasteiger partial charge < -0.3 is 16.5 Å². The van der Waals surface area contributed by atoms with Gasteiger partial charge in [0.15, 0.2) is 0 Å². The molecule has 0 aliphatic rings. The van der Waals surface area contributed by atoms with Crippen LogP contribution in [0.3, 0.4) is 0 Å². The standard InChI is InChI=1S/C22H18FN5O.ClH/c1-12-6-7-15(17(23)10-12)20-16(13-4-2-3-5-14(13)21(24)29)11-19(27-20)18-8-9-26-22(25)28-18;/h2-11,27H,1H3,(H2,24,29)(H2,25,26,28);1H. The molecule has 0 fully saturated rings. The van der Waals surface area contributed by atoms with E-state index in [9.17, 15) is 9.18 Å². The fourth-order valence-corrected chi connectivity index (χ4v) is 3.30. The third-order valence-corrected chi connectivity index (χ3v) is 4.64. The molecule has 0 aliphatic heterocycles. The number of nitrogens with two attached hydrogens (primary N) is 2. The van der Waals surface area contributed by atoms with E-state index in [-0.39, 0.29) is 24.2 Å². The van der Waals surface area contributed by atoms with Crippen LogP contribution in [-0.4, -0.2) is 20.9 Å². The van der Waals surface area contributed by atoms with E-state index >= 15 is 0 Å². The quantitative estimate of drug-likeness (QED) is 0.453. The molecule has 0 bridgehead atoms. The van der Waals surface area contributed by atoms with E-state index in [1.54, 1.807) is 48.7 Å². The lowest BCUT2D eigenvalue weighted by atomic mass is 9.96. The maximum atomic E-state index is 14.8. The predicted molar refractivity (Wildman–Crippen MR) is 118 cm³/mol. The first-order valence-corrected chi connectivity index (χ1v) is 8.91. The highest BCUT2D eigenvalue weighted by molar-refractivity contribution is 6.02. The number of nitrogens with zero attached hydrogens (tertiary/aromatic N) is 2. The second kappa shape index (κ2) is 8.34. The summed E-state index contributed by atoms with van der Waals surface area (Å²) in [5.74, 6) is -0.817. The lowest BCUT2D eigenvalue weighted by molar-refractivity contribution is 0.100. The maximum Gasteiger partial charge on any atom is 0.249 e. The van der Waals surface area contributed by atoms with Crippen LogP contribution in [0.5, 0.6) is 0 Å². The number of aromatic nitrogens is 3. The molecule has 0 saturated carbocycles. The SMILES string of the molecule is Cc1ccc(-c2[nH]c(-c3ccnc(N)n3)cc2-c2ccccc2C(N)=O)c(F)c1.Cl. The van der Waals surface area contributed by atoms with Crippen LogP contribution < -0.4 is 11.5 Å². The molecular formula is C22H19ClFN5O. The van der Waals surface area contributed by atoms with Crippen molar-refractivity contribution in [2.45, 2.75) is 6.92 Å². The number of amides is 1. The van der Waals surface area contributed by atoms with Gasteiger partial charge in [0.1, 0.15) is 5.82 Å². The molecule has 8 heteroatoms. The van der Waals surface area contributed by atoms with E-state index in [2.05, 4.69) is 15.0 Å². The Bertz CT molecular complexity index is 1240. The van der Waals surface area contributed by atoms with Gasteiger partial charge in [-0.15, -0.1) is 12.4 Å². The number of rotatable bonds is 4. The first-order chi connectivity index (χ1) is 13.9. The largest absolute Gasteiger partial charge is 0.368 e. The summed E-state index contributed by atoms with van der Waals surface area (Å²) in [4.78, 5) is 23.3. The van der Waals surface area contributed by atoms with Gasteiger partial charge in [-0.2, -0.15) is 0 Å². The molecule has 0 aliphatic carbocycles. The number of anilines is 1. The predicted octanol–water partition coefficient (Wildman–Crippen LogP) is 4.36. The fourth-order valence-electron chi connectivity index (χ4n) is 3.30. The van der Waals surface area contributed by atoms with Crippen molar-refractivity contribution in [2.24, 2.45) is 5.73 Å². The minimum atomic E-state index is -0.565. The molecule has 2 aromatic heterocycles. The van der Waals surface area contributed by atoms with Crippen LogP contribution in [0.1, 0.15) is 15.9 Å². The minimum absolute atomic E-state index is 0. The van der Waals surface area contributed by atoms with Crippen LogP contribution in [-0.2, 0) is 0 Å². The van der Waals surface area contributed by atoms with E-state index in [4.69, 9.17) is 11.5 Å². The first kappa shape index (κ1) is 21.0. The number of carbonyl (C=O) groups is 1. The highest BCUT2D eigenvalue weighted by Gasteiger charge is 2.20. The van der Waals surface area contributed by atoms with E-state index in [0.717, 1.165) is 5.56 Å². The zero-order chi connectivity index (χ0) is 20.5. The first-order valence-electron chi connectivity index (χ1n) is 8.91. The molecule has 1 amide bonds. The molecule has 4 aromatic rings. The van der Waals surface area contributed by atoms with Crippen LogP contribution in [0.15, 0.2) is 60.8 Å². The lowest BCUT2D eigenvalue weighted by Crippen LogP contribution is -2.12. The molecule has 6 nitrogen and oxygen atoms in total. The van der Waals surface area contributed by atoms with Gasteiger partial charge in [0.05, 0.1) is 17.1 Å². The van der Waals surface area contributed by atoms with Crippen molar-refractivity contribution in [3.63, 3.8) is 0 Å². The third-order valence-electron chi connectivity index (χ3n) is 4.64. The third kappa shape index (κ3) is 3.88. The molecule has 0 radical (unpaired) electrons. The van der Waals surface area contributed by atoms with Gasteiger partial charge in [0.2, 0.25) is 11.9 Å². The topological polar surface area (TPSA) is 111 Å². The van der Waals surface area contributed by atoms with E-state index in [1.165, 1.54) is 6.07 Å². The summed E-state index contributed by atoms with van der Waals surface area (Å²) in [6, 6.07) is 15.4. The number of hydrogen-bond acceptors (Lipinski definition) is 4. The van der Waals surface area contributed by atoms with Crippen molar-refractivity contribution >= 4 is 24.3 Å². The molecule has 2 heterocycles. The van der Waals surface area contributed by atoms with Crippen molar-refractivity contribution in [1.29, 1.82) is 0 Å². The second-order valence-corrected chi connectivity index (χ2v) is 6.66. The van der Waals surface area contributed by atoms with Gasteiger partial charge in [0.25, 0.3) is 0 Å². The van der Waals surface area contributed by atoms with Crippen LogP contribution in [0, 0.1) is 12.7 Å². The number of aromatic amines is 1. The molecule has 152 valence electrons. The lowest BCUT2D eigenvalue weighted by Gasteiger charge is -2.09. The number of primary amides is 1. The van der Waals surface area contributed by atoms with Crippen molar-refractivity contribution in [3.8, 4) is 33.8 Å². The Kier molecular flexibility index (Phi) is 5.84.